The largest absolute Gasteiger partial charge is 0.494 e. The molecule has 0 amide bonds. The maximum Gasteiger partial charge on any atom is 0.234 e. The minimum absolute atomic E-state index is 0.0548. The fourth-order valence-corrected chi connectivity index (χ4v) is 4.18. The standard InChI is InChI=1S/C22H20N2O5S/c1-2-27-17-12-10-16(11-13-17)20-24-22(30(25,26)19-8-4-3-5-9-19)21(29-20)23-15-18-7-6-14-28-18/h3-14,23H,2,15H2,1H3. The lowest BCUT2D eigenvalue weighted by Crippen LogP contribution is -2.07. The SMILES string of the molecule is CCOc1ccc(-c2nc(S(=O)(=O)c3ccccc3)c(NCc3ccco3)o2)cc1. The molecular formula is C22H20N2O5S. The van der Waals surface area contributed by atoms with Crippen LogP contribution in [-0.2, 0) is 16.4 Å². The molecule has 1 N–H and O–H groups in total. The van der Waals surface area contributed by atoms with E-state index in [1.807, 2.05) is 6.92 Å². The molecule has 0 spiro atoms. The van der Waals surface area contributed by atoms with Crippen molar-refractivity contribution in [1.29, 1.82) is 0 Å². The highest BCUT2D eigenvalue weighted by molar-refractivity contribution is 7.91. The topological polar surface area (TPSA) is 94.6 Å². The Bertz CT molecular complexity index is 1200. The van der Waals surface area contributed by atoms with Gasteiger partial charge in [-0.15, -0.1) is 0 Å². The molecule has 0 unspecified atom stereocenters. The van der Waals surface area contributed by atoms with Gasteiger partial charge in [0.25, 0.3) is 0 Å². The number of oxazole rings is 1. The summed E-state index contributed by atoms with van der Waals surface area (Å²) in [7, 11) is -3.89. The molecule has 4 rings (SSSR count). The van der Waals surface area contributed by atoms with Gasteiger partial charge in [-0.1, -0.05) is 18.2 Å². The van der Waals surface area contributed by atoms with Crippen molar-refractivity contribution in [3.05, 3.63) is 78.8 Å². The molecule has 2 heterocycles. The normalized spacial score (nSPS) is 11.4. The number of nitrogens with zero attached hydrogens (tertiary/aromatic N) is 1. The molecule has 0 aliphatic carbocycles. The predicted molar refractivity (Wildman–Crippen MR) is 111 cm³/mol. The van der Waals surface area contributed by atoms with E-state index in [-0.39, 0.29) is 28.2 Å². The Morgan fingerprint density at radius 3 is 2.43 bits per heavy atom. The quantitative estimate of drug-likeness (QED) is 0.435. The Labute approximate surface area is 174 Å². The van der Waals surface area contributed by atoms with Gasteiger partial charge < -0.3 is 18.9 Å². The van der Waals surface area contributed by atoms with Gasteiger partial charge in [0.15, 0.2) is 0 Å². The highest BCUT2D eigenvalue weighted by Gasteiger charge is 2.28. The summed E-state index contributed by atoms with van der Waals surface area (Å²) >= 11 is 0. The monoisotopic (exact) mass is 424 g/mol. The van der Waals surface area contributed by atoms with Crippen LogP contribution in [0.2, 0.25) is 0 Å². The summed E-state index contributed by atoms with van der Waals surface area (Å²) in [6.07, 6.45) is 1.55. The summed E-state index contributed by atoms with van der Waals surface area (Å²) in [5.74, 6) is 1.59. The zero-order valence-corrected chi connectivity index (χ0v) is 17.1. The van der Waals surface area contributed by atoms with E-state index in [2.05, 4.69) is 10.3 Å². The average Bonchev–Trinajstić information content (AvgIpc) is 3.44. The van der Waals surface area contributed by atoms with Crippen LogP contribution in [0.25, 0.3) is 11.5 Å². The fraction of sp³-hybridized carbons (Fsp3) is 0.136. The number of furan rings is 1. The third-order valence-electron chi connectivity index (χ3n) is 4.32. The van der Waals surface area contributed by atoms with Crippen LogP contribution >= 0.6 is 0 Å². The van der Waals surface area contributed by atoms with Crippen molar-refractivity contribution in [2.45, 2.75) is 23.4 Å². The van der Waals surface area contributed by atoms with E-state index < -0.39 is 9.84 Å². The first kappa shape index (κ1) is 19.8. The molecule has 0 aliphatic heterocycles. The van der Waals surface area contributed by atoms with E-state index in [0.717, 1.165) is 0 Å². The lowest BCUT2D eigenvalue weighted by Gasteiger charge is -2.04. The molecule has 30 heavy (non-hydrogen) atoms. The zero-order valence-electron chi connectivity index (χ0n) is 16.2. The maximum absolute atomic E-state index is 13.2. The first-order valence-corrected chi connectivity index (χ1v) is 10.9. The van der Waals surface area contributed by atoms with Crippen LogP contribution < -0.4 is 10.1 Å². The minimum Gasteiger partial charge on any atom is -0.494 e. The lowest BCUT2D eigenvalue weighted by molar-refractivity contribution is 0.340. The van der Waals surface area contributed by atoms with Crippen LogP contribution in [0.4, 0.5) is 5.88 Å². The smallest absolute Gasteiger partial charge is 0.234 e. The van der Waals surface area contributed by atoms with Crippen molar-refractivity contribution in [3.8, 4) is 17.2 Å². The van der Waals surface area contributed by atoms with Crippen molar-refractivity contribution in [1.82, 2.24) is 4.98 Å². The number of aromatic nitrogens is 1. The second-order valence-corrected chi connectivity index (χ2v) is 8.23. The van der Waals surface area contributed by atoms with Crippen LogP contribution in [0.5, 0.6) is 5.75 Å². The van der Waals surface area contributed by atoms with Crippen LogP contribution in [0, 0.1) is 0 Å². The molecule has 7 nitrogen and oxygen atoms in total. The van der Waals surface area contributed by atoms with Crippen LogP contribution in [-0.4, -0.2) is 20.0 Å². The molecule has 8 heteroatoms. The molecule has 2 aromatic carbocycles. The van der Waals surface area contributed by atoms with Gasteiger partial charge in [0.05, 0.1) is 24.3 Å². The molecule has 2 aromatic heterocycles. The Morgan fingerprint density at radius 1 is 1.00 bits per heavy atom. The lowest BCUT2D eigenvalue weighted by atomic mass is 10.2. The van der Waals surface area contributed by atoms with E-state index >= 15 is 0 Å². The van der Waals surface area contributed by atoms with E-state index in [9.17, 15) is 8.42 Å². The summed E-state index contributed by atoms with van der Waals surface area (Å²) in [5.41, 5.74) is 0.633. The molecule has 0 fully saturated rings. The van der Waals surface area contributed by atoms with Gasteiger partial charge in [-0.05, 0) is 55.5 Å². The van der Waals surface area contributed by atoms with E-state index in [1.54, 1.807) is 60.9 Å². The van der Waals surface area contributed by atoms with Crippen molar-refractivity contribution in [3.63, 3.8) is 0 Å². The van der Waals surface area contributed by atoms with Gasteiger partial charge in [-0.2, -0.15) is 4.98 Å². The number of nitrogens with one attached hydrogen (secondary N) is 1. The first-order valence-electron chi connectivity index (χ1n) is 9.38. The number of benzene rings is 2. The highest BCUT2D eigenvalue weighted by Crippen LogP contribution is 2.33. The maximum atomic E-state index is 13.2. The number of rotatable bonds is 8. The number of anilines is 1. The number of hydrogen-bond donors (Lipinski definition) is 1. The first-order chi connectivity index (χ1) is 14.6. The van der Waals surface area contributed by atoms with Crippen molar-refractivity contribution in [2.24, 2.45) is 0 Å². The molecule has 0 radical (unpaired) electrons. The summed E-state index contributed by atoms with van der Waals surface area (Å²) in [5, 5.41) is 2.81. The summed E-state index contributed by atoms with van der Waals surface area (Å²) in [6, 6.07) is 18.8. The second kappa shape index (κ2) is 8.46. The van der Waals surface area contributed by atoms with Crippen molar-refractivity contribution in [2.75, 3.05) is 11.9 Å². The van der Waals surface area contributed by atoms with Crippen molar-refractivity contribution < 1.29 is 22.0 Å². The Morgan fingerprint density at radius 2 is 1.77 bits per heavy atom. The molecule has 0 aliphatic rings. The van der Waals surface area contributed by atoms with Gasteiger partial charge in [0, 0.05) is 5.56 Å². The molecule has 0 saturated heterocycles. The molecule has 4 aromatic rings. The summed E-state index contributed by atoms with van der Waals surface area (Å²) in [6.45, 7) is 2.71. The predicted octanol–water partition coefficient (Wildman–Crippen LogP) is 4.78. The fourth-order valence-electron chi connectivity index (χ4n) is 2.88. The number of hydrogen-bond acceptors (Lipinski definition) is 7. The summed E-state index contributed by atoms with van der Waals surface area (Å²) in [4.78, 5) is 4.45. The third kappa shape index (κ3) is 4.08. The van der Waals surface area contributed by atoms with Gasteiger partial charge in [0.2, 0.25) is 26.6 Å². The molecule has 154 valence electrons. The van der Waals surface area contributed by atoms with E-state index in [4.69, 9.17) is 13.6 Å². The molecule has 0 bridgehead atoms. The van der Waals surface area contributed by atoms with Gasteiger partial charge >= 0.3 is 0 Å². The van der Waals surface area contributed by atoms with Crippen LogP contribution in [0.3, 0.4) is 0 Å². The zero-order chi connectivity index (χ0) is 21.0. The Balaban J connectivity index is 1.73. The third-order valence-corrected chi connectivity index (χ3v) is 6.00. The number of ether oxygens (including phenoxy) is 1. The van der Waals surface area contributed by atoms with Gasteiger partial charge in [-0.25, -0.2) is 8.42 Å². The van der Waals surface area contributed by atoms with Gasteiger partial charge in [0.1, 0.15) is 11.5 Å². The molecular weight excluding hydrogens is 404 g/mol. The summed E-state index contributed by atoms with van der Waals surface area (Å²) < 4.78 is 43.0. The Hall–Kier alpha value is -3.52. The molecule has 0 atom stereocenters. The number of sulfone groups is 1. The van der Waals surface area contributed by atoms with E-state index in [0.29, 0.717) is 23.7 Å². The van der Waals surface area contributed by atoms with Gasteiger partial charge in [-0.3, -0.25) is 0 Å². The second-order valence-electron chi connectivity index (χ2n) is 6.36. The van der Waals surface area contributed by atoms with Crippen molar-refractivity contribution >= 4 is 15.7 Å². The molecule has 0 saturated carbocycles. The average molecular weight is 424 g/mol. The van der Waals surface area contributed by atoms with Crippen LogP contribution in [0.15, 0.2) is 91.7 Å². The Kier molecular flexibility index (Phi) is 5.58. The van der Waals surface area contributed by atoms with Crippen LogP contribution in [0.1, 0.15) is 12.7 Å². The minimum atomic E-state index is -3.89. The highest BCUT2D eigenvalue weighted by atomic mass is 32.2. The van der Waals surface area contributed by atoms with E-state index in [1.165, 1.54) is 12.1 Å².